The summed E-state index contributed by atoms with van der Waals surface area (Å²) in [4.78, 5) is 16.3. The van der Waals surface area contributed by atoms with Gasteiger partial charge < -0.3 is 19.3 Å². The van der Waals surface area contributed by atoms with Gasteiger partial charge in [0.15, 0.2) is 5.75 Å². The fraction of sp³-hybridized carbons (Fsp3) is 0.533. The number of nitrogens with zero attached hydrogens (tertiary/aromatic N) is 2. The molecule has 1 aromatic rings. The highest BCUT2D eigenvalue weighted by Gasteiger charge is 2.28. The van der Waals surface area contributed by atoms with Gasteiger partial charge in [0.05, 0.1) is 37.0 Å². The molecule has 1 fully saturated rings. The fourth-order valence-electron chi connectivity index (χ4n) is 2.74. The second kappa shape index (κ2) is 6.12. The predicted octanol–water partition coefficient (Wildman–Crippen LogP) is 1.79. The van der Waals surface area contributed by atoms with Crippen molar-refractivity contribution in [2.75, 3.05) is 44.3 Å². The normalized spacial score (nSPS) is 21.7. The first kappa shape index (κ1) is 14.5. The third kappa shape index (κ3) is 3.09. The van der Waals surface area contributed by atoms with Gasteiger partial charge in [0.25, 0.3) is 0 Å². The van der Waals surface area contributed by atoms with Gasteiger partial charge in [-0.15, -0.1) is 0 Å². The maximum Gasteiger partial charge on any atom is 0.242 e. The zero-order chi connectivity index (χ0) is 14.8. The quantitative estimate of drug-likeness (QED) is 0.835. The molecule has 1 amide bonds. The van der Waals surface area contributed by atoms with Crippen LogP contribution in [0, 0.1) is 0 Å². The Morgan fingerprint density at radius 2 is 2.14 bits per heavy atom. The number of rotatable bonds is 2. The minimum absolute atomic E-state index is 0.00916. The highest BCUT2D eigenvalue weighted by molar-refractivity contribution is 6.32. The molecule has 2 heterocycles. The molecule has 0 saturated carbocycles. The summed E-state index contributed by atoms with van der Waals surface area (Å²) in [5.74, 6) is 0.797. The van der Waals surface area contributed by atoms with E-state index in [1.807, 2.05) is 28.9 Å². The number of para-hydroxylation sites is 1. The topological polar surface area (TPSA) is 42.0 Å². The number of ether oxygens (including phenoxy) is 2. The second-order valence-corrected chi connectivity index (χ2v) is 5.80. The minimum Gasteiger partial charge on any atom is -0.485 e. The molecular formula is C15H19ClN2O3. The summed E-state index contributed by atoms with van der Waals surface area (Å²) in [5, 5.41) is 0.586. The van der Waals surface area contributed by atoms with Crippen LogP contribution in [0.4, 0.5) is 5.69 Å². The lowest BCUT2D eigenvalue weighted by molar-refractivity contribution is -0.133. The van der Waals surface area contributed by atoms with E-state index in [2.05, 4.69) is 0 Å². The van der Waals surface area contributed by atoms with Crippen LogP contribution in [0.3, 0.4) is 0 Å². The number of morpholine rings is 1. The van der Waals surface area contributed by atoms with E-state index in [4.69, 9.17) is 21.1 Å². The van der Waals surface area contributed by atoms with Gasteiger partial charge in [0, 0.05) is 13.1 Å². The third-order valence-corrected chi connectivity index (χ3v) is 4.07. The lowest BCUT2D eigenvalue weighted by Crippen LogP contribution is -2.48. The Kier molecular flexibility index (Phi) is 4.22. The van der Waals surface area contributed by atoms with E-state index in [1.165, 1.54) is 0 Å². The van der Waals surface area contributed by atoms with Crippen molar-refractivity contribution in [3.05, 3.63) is 23.2 Å². The Hall–Kier alpha value is -1.46. The maximum absolute atomic E-state index is 12.4. The van der Waals surface area contributed by atoms with Crippen LogP contribution < -0.4 is 9.64 Å². The number of fused-ring (bicyclic) bond motifs is 1. The van der Waals surface area contributed by atoms with Gasteiger partial charge in [-0.05, 0) is 19.1 Å². The van der Waals surface area contributed by atoms with Gasteiger partial charge in [0.2, 0.25) is 5.91 Å². The minimum atomic E-state index is 0.00916. The molecule has 1 atom stereocenters. The van der Waals surface area contributed by atoms with Crippen molar-refractivity contribution in [2.24, 2.45) is 0 Å². The molecule has 2 aliphatic rings. The van der Waals surface area contributed by atoms with E-state index < -0.39 is 0 Å². The van der Waals surface area contributed by atoms with Crippen LogP contribution in [0.5, 0.6) is 5.75 Å². The van der Waals surface area contributed by atoms with Crippen LogP contribution in [0.15, 0.2) is 18.2 Å². The number of benzene rings is 1. The molecule has 1 aromatic carbocycles. The molecule has 0 aliphatic carbocycles. The molecule has 0 aromatic heterocycles. The fourth-order valence-corrected chi connectivity index (χ4v) is 2.95. The maximum atomic E-state index is 12.4. The molecule has 6 heteroatoms. The monoisotopic (exact) mass is 310 g/mol. The van der Waals surface area contributed by atoms with E-state index in [0.717, 1.165) is 5.69 Å². The number of carbonyl (C=O) groups is 1. The highest BCUT2D eigenvalue weighted by Crippen LogP contribution is 2.39. The van der Waals surface area contributed by atoms with E-state index >= 15 is 0 Å². The van der Waals surface area contributed by atoms with Crippen LogP contribution >= 0.6 is 11.6 Å². The summed E-state index contributed by atoms with van der Waals surface area (Å²) in [6.07, 6.45) is 0.00916. The van der Waals surface area contributed by atoms with Gasteiger partial charge in [-0.25, -0.2) is 0 Å². The number of anilines is 1. The van der Waals surface area contributed by atoms with Crippen molar-refractivity contribution in [1.29, 1.82) is 0 Å². The average Bonchev–Trinajstić information content (AvgIpc) is 2.49. The number of carbonyl (C=O) groups excluding carboxylic acids is 1. The molecule has 0 spiro atoms. The Bertz CT molecular complexity index is 532. The first-order valence-corrected chi connectivity index (χ1v) is 7.58. The summed E-state index contributed by atoms with van der Waals surface area (Å²) in [7, 11) is 0. The summed E-state index contributed by atoms with van der Waals surface area (Å²) in [5.41, 5.74) is 0.891. The number of hydrogen-bond acceptors (Lipinski definition) is 4. The van der Waals surface area contributed by atoms with Crippen molar-refractivity contribution in [1.82, 2.24) is 4.90 Å². The lowest BCUT2D eigenvalue weighted by Gasteiger charge is -2.36. The Balaban J connectivity index is 1.76. The Labute approximate surface area is 129 Å². The van der Waals surface area contributed by atoms with Crippen LogP contribution in [0.25, 0.3) is 0 Å². The van der Waals surface area contributed by atoms with Gasteiger partial charge in [-0.3, -0.25) is 4.79 Å². The lowest BCUT2D eigenvalue weighted by atomic mass is 10.2. The molecule has 0 N–H and O–H groups in total. The molecule has 2 aliphatic heterocycles. The molecular weight excluding hydrogens is 292 g/mol. The molecule has 1 saturated heterocycles. The van der Waals surface area contributed by atoms with E-state index in [-0.39, 0.29) is 12.0 Å². The third-order valence-electron chi connectivity index (χ3n) is 3.77. The summed E-state index contributed by atoms with van der Waals surface area (Å²) in [6.45, 7) is 5.59. The number of amides is 1. The van der Waals surface area contributed by atoms with E-state index in [9.17, 15) is 4.79 Å². The van der Waals surface area contributed by atoms with Crippen molar-refractivity contribution >= 4 is 23.2 Å². The van der Waals surface area contributed by atoms with Gasteiger partial charge in [0.1, 0.15) is 6.10 Å². The summed E-state index contributed by atoms with van der Waals surface area (Å²) in [6, 6.07) is 5.63. The number of hydrogen-bond donors (Lipinski definition) is 0. The van der Waals surface area contributed by atoms with E-state index in [0.29, 0.717) is 50.2 Å². The highest BCUT2D eigenvalue weighted by atomic mass is 35.5. The molecule has 0 unspecified atom stereocenters. The second-order valence-electron chi connectivity index (χ2n) is 5.39. The molecule has 5 nitrogen and oxygen atoms in total. The average molecular weight is 311 g/mol. The van der Waals surface area contributed by atoms with Crippen molar-refractivity contribution in [3.63, 3.8) is 0 Å². The Morgan fingerprint density at radius 1 is 1.38 bits per heavy atom. The zero-order valence-corrected chi connectivity index (χ0v) is 12.8. The van der Waals surface area contributed by atoms with Crippen molar-refractivity contribution in [3.8, 4) is 5.75 Å². The van der Waals surface area contributed by atoms with Gasteiger partial charge in [-0.1, -0.05) is 17.7 Å². The standard InChI is InChI=1S/C15H19ClN2O3/c1-11-9-18(10-14(19)17-5-7-20-8-6-17)13-4-2-3-12(16)15(13)21-11/h2-4,11H,5-10H2,1H3/t11-/m1/s1. The largest absolute Gasteiger partial charge is 0.485 e. The van der Waals surface area contributed by atoms with Crippen molar-refractivity contribution in [2.45, 2.75) is 13.0 Å². The first-order valence-electron chi connectivity index (χ1n) is 7.21. The Morgan fingerprint density at radius 3 is 2.90 bits per heavy atom. The van der Waals surface area contributed by atoms with E-state index in [1.54, 1.807) is 6.07 Å². The van der Waals surface area contributed by atoms with Crippen LogP contribution in [-0.4, -0.2) is 56.3 Å². The summed E-state index contributed by atoms with van der Waals surface area (Å²) >= 11 is 6.19. The predicted molar refractivity (Wildman–Crippen MR) is 81.2 cm³/mol. The molecule has 0 radical (unpaired) electrons. The molecule has 3 rings (SSSR count). The molecule has 21 heavy (non-hydrogen) atoms. The van der Waals surface area contributed by atoms with Crippen LogP contribution in [0.1, 0.15) is 6.92 Å². The molecule has 114 valence electrons. The van der Waals surface area contributed by atoms with Crippen LogP contribution in [-0.2, 0) is 9.53 Å². The van der Waals surface area contributed by atoms with Gasteiger partial charge in [-0.2, -0.15) is 0 Å². The summed E-state index contributed by atoms with van der Waals surface area (Å²) < 4.78 is 11.1. The van der Waals surface area contributed by atoms with Gasteiger partial charge >= 0.3 is 0 Å². The SMILES string of the molecule is C[C@@H]1CN(CC(=O)N2CCOCC2)c2cccc(Cl)c2O1. The first-order chi connectivity index (χ1) is 10.1. The zero-order valence-electron chi connectivity index (χ0n) is 12.0. The smallest absolute Gasteiger partial charge is 0.242 e. The molecule has 0 bridgehead atoms. The van der Waals surface area contributed by atoms with Crippen LogP contribution in [0.2, 0.25) is 5.02 Å². The number of halogens is 1. The van der Waals surface area contributed by atoms with Crippen molar-refractivity contribution < 1.29 is 14.3 Å².